The van der Waals surface area contributed by atoms with Gasteiger partial charge < -0.3 is 15.2 Å². The molecule has 1 aromatic rings. The van der Waals surface area contributed by atoms with Crippen LogP contribution in [-0.2, 0) is 16.1 Å². The fourth-order valence-corrected chi connectivity index (χ4v) is 1.81. The normalized spacial score (nSPS) is 10.7. The summed E-state index contributed by atoms with van der Waals surface area (Å²) in [6, 6.07) is 5.01. The number of hydrogen-bond acceptors (Lipinski definition) is 4. The summed E-state index contributed by atoms with van der Waals surface area (Å²) in [6.45, 7) is 1.89. The van der Waals surface area contributed by atoms with Gasteiger partial charge in [0.1, 0.15) is 5.75 Å². The fourth-order valence-electron chi connectivity index (χ4n) is 1.61. The molecule has 19 heavy (non-hydrogen) atoms. The average Bonchev–Trinajstić information content (AvgIpc) is 2.34. The van der Waals surface area contributed by atoms with Gasteiger partial charge in [-0.05, 0) is 24.7 Å². The fraction of sp³-hybridized carbons (Fsp3) is 0.462. The quantitative estimate of drug-likeness (QED) is 0.741. The first kappa shape index (κ1) is 15.8. The molecule has 0 aliphatic heterocycles. The van der Waals surface area contributed by atoms with Gasteiger partial charge in [-0.2, -0.15) is 0 Å². The molecule has 0 bridgehead atoms. The lowest BCUT2D eigenvalue weighted by Crippen LogP contribution is -2.36. The lowest BCUT2D eigenvalue weighted by atomic mass is 10.2. The van der Waals surface area contributed by atoms with E-state index in [2.05, 4.69) is 5.32 Å². The number of amides is 1. The molecule has 106 valence electrons. The highest BCUT2D eigenvalue weighted by Gasteiger charge is 2.08. The summed E-state index contributed by atoms with van der Waals surface area (Å²) in [5.41, 5.74) is 0.940. The first-order valence-corrected chi connectivity index (χ1v) is 6.32. The molecule has 0 fully saturated rings. The minimum atomic E-state index is -0.0515. The summed E-state index contributed by atoms with van der Waals surface area (Å²) >= 11 is 5.83. The van der Waals surface area contributed by atoms with Crippen molar-refractivity contribution in [3.05, 3.63) is 28.8 Å². The number of hydrogen-bond donors (Lipinski definition) is 2. The number of likely N-dealkylation sites (N-methyl/N-ethyl adjacent to an activating group) is 1. The number of phenolic OH excluding ortho intramolecular Hbond substituents is 1. The molecular formula is C13H19ClN2O3. The van der Waals surface area contributed by atoms with Crippen LogP contribution in [0.4, 0.5) is 0 Å². The molecule has 2 N–H and O–H groups in total. The highest BCUT2D eigenvalue weighted by Crippen LogP contribution is 2.23. The molecule has 0 heterocycles. The Morgan fingerprint density at radius 2 is 2.26 bits per heavy atom. The Morgan fingerprint density at radius 1 is 1.53 bits per heavy atom. The van der Waals surface area contributed by atoms with E-state index in [0.29, 0.717) is 31.3 Å². The Labute approximate surface area is 118 Å². The molecule has 5 nitrogen and oxygen atoms in total. The van der Waals surface area contributed by atoms with Crippen LogP contribution in [-0.4, -0.2) is 49.8 Å². The first-order chi connectivity index (χ1) is 9.02. The molecule has 0 spiro atoms. The molecule has 0 aromatic heterocycles. The highest BCUT2D eigenvalue weighted by atomic mass is 35.5. The largest absolute Gasteiger partial charge is 0.506 e. The Hall–Kier alpha value is -1.30. The number of rotatable bonds is 7. The van der Waals surface area contributed by atoms with Crippen molar-refractivity contribution < 1.29 is 14.6 Å². The number of halogens is 1. The number of nitrogens with one attached hydrogen (secondary N) is 1. The SMILES string of the molecule is COCCNC(=O)CN(C)Cc1ccc(O)c(Cl)c1. The van der Waals surface area contributed by atoms with E-state index in [1.165, 1.54) is 0 Å². The van der Waals surface area contributed by atoms with Crippen molar-refractivity contribution in [2.45, 2.75) is 6.54 Å². The minimum Gasteiger partial charge on any atom is -0.506 e. The number of nitrogens with zero attached hydrogens (tertiary/aromatic N) is 1. The van der Waals surface area contributed by atoms with Crippen LogP contribution >= 0.6 is 11.6 Å². The lowest BCUT2D eigenvalue weighted by Gasteiger charge is -2.16. The van der Waals surface area contributed by atoms with Crippen LogP contribution in [0.5, 0.6) is 5.75 Å². The topological polar surface area (TPSA) is 61.8 Å². The summed E-state index contributed by atoms with van der Waals surface area (Å²) in [5.74, 6) is 0.00908. The molecule has 0 saturated carbocycles. The number of benzene rings is 1. The van der Waals surface area contributed by atoms with E-state index in [0.717, 1.165) is 5.56 Å². The van der Waals surface area contributed by atoms with Crippen LogP contribution < -0.4 is 5.32 Å². The summed E-state index contributed by atoms with van der Waals surface area (Å²) in [4.78, 5) is 13.4. The van der Waals surface area contributed by atoms with Crippen molar-refractivity contribution >= 4 is 17.5 Å². The number of carbonyl (C=O) groups is 1. The third kappa shape index (κ3) is 5.92. The maximum atomic E-state index is 11.6. The van der Waals surface area contributed by atoms with E-state index < -0.39 is 0 Å². The average molecular weight is 287 g/mol. The molecule has 1 amide bonds. The zero-order valence-electron chi connectivity index (χ0n) is 11.1. The minimum absolute atomic E-state index is 0.0515. The van der Waals surface area contributed by atoms with Crippen molar-refractivity contribution in [1.29, 1.82) is 0 Å². The number of methoxy groups -OCH3 is 1. The van der Waals surface area contributed by atoms with Crippen molar-refractivity contribution in [2.75, 3.05) is 33.9 Å². The van der Waals surface area contributed by atoms with Gasteiger partial charge in [0.05, 0.1) is 18.2 Å². The maximum absolute atomic E-state index is 11.6. The van der Waals surface area contributed by atoms with Gasteiger partial charge in [-0.25, -0.2) is 0 Å². The first-order valence-electron chi connectivity index (χ1n) is 5.94. The van der Waals surface area contributed by atoms with Crippen LogP contribution in [0.3, 0.4) is 0 Å². The van der Waals surface area contributed by atoms with E-state index in [1.807, 2.05) is 11.9 Å². The summed E-state index contributed by atoms with van der Waals surface area (Å²) in [6.07, 6.45) is 0. The van der Waals surface area contributed by atoms with E-state index in [4.69, 9.17) is 16.3 Å². The summed E-state index contributed by atoms with van der Waals surface area (Å²) < 4.78 is 4.85. The summed E-state index contributed by atoms with van der Waals surface area (Å²) in [5, 5.41) is 12.4. The van der Waals surface area contributed by atoms with Crippen LogP contribution in [0, 0.1) is 0 Å². The molecule has 0 radical (unpaired) electrons. The van der Waals surface area contributed by atoms with Crippen LogP contribution in [0.15, 0.2) is 18.2 Å². The second kappa shape index (κ2) is 7.99. The van der Waals surface area contributed by atoms with Gasteiger partial charge in [0.2, 0.25) is 5.91 Å². The standard InChI is InChI=1S/C13H19ClN2O3/c1-16(9-13(18)15-5-6-19-2)8-10-3-4-12(17)11(14)7-10/h3-4,7,17H,5-6,8-9H2,1-2H3,(H,15,18). The van der Waals surface area contributed by atoms with Crippen molar-refractivity contribution in [3.8, 4) is 5.75 Å². The number of phenols is 1. The van der Waals surface area contributed by atoms with Crippen molar-refractivity contribution in [2.24, 2.45) is 0 Å². The van der Waals surface area contributed by atoms with Crippen molar-refractivity contribution in [3.63, 3.8) is 0 Å². The zero-order chi connectivity index (χ0) is 14.3. The molecule has 1 rings (SSSR count). The number of aromatic hydroxyl groups is 1. The second-order valence-corrected chi connectivity index (χ2v) is 4.71. The predicted molar refractivity (Wildman–Crippen MR) is 74.3 cm³/mol. The molecule has 1 aromatic carbocycles. The predicted octanol–water partition coefficient (Wildman–Crippen LogP) is 1.24. The van der Waals surface area contributed by atoms with Crippen LogP contribution in [0.25, 0.3) is 0 Å². The Morgan fingerprint density at radius 3 is 2.89 bits per heavy atom. The van der Waals surface area contributed by atoms with E-state index in [1.54, 1.807) is 25.3 Å². The monoisotopic (exact) mass is 286 g/mol. The lowest BCUT2D eigenvalue weighted by molar-refractivity contribution is -0.122. The van der Waals surface area contributed by atoms with E-state index >= 15 is 0 Å². The molecule has 0 saturated heterocycles. The Bertz CT molecular complexity index is 426. The van der Waals surface area contributed by atoms with E-state index in [-0.39, 0.29) is 11.7 Å². The zero-order valence-corrected chi connectivity index (χ0v) is 11.9. The second-order valence-electron chi connectivity index (χ2n) is 4.30. The van der Waals surface area contributed by atoms with Gasteiger partial charge in [0, 0.05) is 20.2 Å². The van der Waals surface area contributed by atoms with Gasteiger partial charge in [-0.15, -0.1) is 0 Å². The molecular weight excluding hydrogens is 268 g/mol. The third-order valence-electron chi connectivity index (χ3n) is 2.51. The van der Waals surface area contributed by atoms with Gasteiger partial charge in [0.25, 0.3) is 0 Å². The third-order valence-corrected chi connectivity index (χ3v) is 2.81. The van der Waals surface area contributed by atoms with Gasteiger partial charge >= 0.3 is 0 Å². The molecule has 0 aliphatic rings. The number of carbonyl (C=O) groups excluding carboxylic acids is 1. The van der Waals surface area contributed by atoms with Crippen LogP contribution in [0.2, 0.25) is 5.02 Å². The van der Waals surface area contributed by atoms with Gasteiger partial charge in [-0.3, -0.25) is 9.69 Å². The smallest absolute Gasteiger partial charge is 0.234 e. The molecule has 0 atom stereocenters. The molecule has 0 unspecified atom stereocenters. The molecule has 6 heteroatoms. The van der Waals surface area contributed by atoms with Gasteiger partial charge in [-0.1, -0.05) is 17.7 Å². The Kier molecular flexibility index (Phi) is 6.62. The van der Waals surface area contributed by atoms with Crippen LogP contribution in [0.1, 0.15) is 5.56 Å². The summed E-state index contributed by atoms with van der Waals surface area (Å²) in [7, 11) is 3.43. The number of ether oxygens (including phenoxy) is 1. The molecule has 0 aliphatic carbocycles. The maximum Gasteiger partial charge on any atom is 0.234 e. The van der Waals surface area contributed by atoms with Crippen molar-refractivity contribution in [1.82, 2.24) is 10.2 Å². The van der Waals surface area contributed by atoms with Gasteiger partial charge in [0.15, 0.2) is 0 Å². The highest BCUT2D eigenvalue weighted by molar-refractivity contribution is 6.32. The van der Waals surface area contributed by atoms with E-state index in [9.17, 15) is 9.90 Å². The Balaban J connectivity index is 2.39.